The van der Waals surface area contributed by atoms with Gasteiger partial charge in [0.25, 0.3) is 0 Å². The lowest BCUT2D eigenvalue weighted by molar-refractivity contribution is -0.117. The summed E-state index contributed by atoms with van der Waals surface area (Å²) in [5.74, 6) is 1.75. The predicted molar refractivity (Wildman–Crippen MR) is 119 cm³/mol. The molecule has 0 atom stereocenters. The molecular weight excluding hydrogens is 406 g/mol. The molecule has 0 saturated carbocycles. The summed E-state index contributed by atoms with van der Waals surface area (Å²) in [6, 6.07) is 8.09. The topological polar surface area (TPSA) is 97.5 Å². The number of hydrogen-bond donors (Lipinski definition) is 1. The van der Waals surface area contributed by atoms with Gasteiger partial charge < -0.3 is 15.0 Å². The Morgan fingerprint density at radius 2 is 2.12 bits per heavy atom. The second-order valence-electron chi connectivity index (χ2n) is 7.95. The van der Waals surface area contributed by atoms with Gasteiger partial charge in [0.15, 0.2) is 5.65 Å². The number of nitrogens with one attached hydrogen (secondary N) is 1. The summed E-state index contributed by atoms with van der Waals surface area (Å²) in [5, 5.41) is 11.8. The molecule has 3 aromatic heterocycles. The maximum absolute atomic E-state index is 12.1. The fourth-order valence-corrected chi connectivity index (χ4v) is 4.43. The number of anilines is 2. The first-order valence-electron chi connectivity index (χ1n) is 10.7. The first-order valence-corrected chi connectivity index (χ1v) is 10.7. The maximum atomic E-state index is 12.1. The van der Waals surface area contributed by atoms with Crippen molar-refractivity contribution < 1.29 is 9.53 Å². The summed E-state index contributed by atoms with van der Waals surface area (Å²) < 4.78 is 7.50. The molecule has 0 unspecified atom stereocenters. The molecule has 2 aliphatic heterocycles. The van der Waals surface area contributed by atoms with Crippen LogP contribution in [0.2, 0.25) is 0 Å². The summed E-state index contributed by atoms with van der Waals surface area (Å²) in [6.45, 7) is 2.07. The number of nitrogens with zero attached hydrogens (tertiary/aromatic N) is 6. The van der Waals surface area contributed by atoms with Crippen LogP contribution in [-0.4, -0.2) is 43.6 Å². The van der Waals surface area contributed by atoms with Crippen LogP contribution in [-0.2, 0) is 17.8 Å². The molecule has 6 rings (SSSR count). The van der Waals surface area contributed by atoms with E-state index in [4.69, 9.17) is 4.74 Å². The molecule has 9 heteroatoms. The van der Waals surface area contributed by atoms with Crippen molar-refractivity contribution in [3.05, 3.63) is 60.3 Å². The van der Waals surface area contributed by atoms with E-state index in [1.165, 1.54) is 11.1 Å². The molecular formula is C23H21N7O2. The standard InChI is InChI=1S/C23H21N7O2/c31-21-5-2-7-29(21)17-9-16(10-24-12-17)19-13-26-23(30-14-27-28-22(19)30)25-11-15-3-1-4-20-18(15)6-8-32-20/h1,3-4,9-10,12-14H,2,5-8,11H2,(H,25,26). The molecule has 32 heavy (non-hydrogen) atoms. The molecule has 0 radical (unpaired) electrons. The van der Waals surface area contributed by atoms with Gasteiger partial charge in [0.2, 0.25) is 11.9 Å². The minimum atomic E-state index is 0.132. The lowest BCUT2D eigenvalue weighted by Gasteiger charge is -2.16. The van der Waals surface area contributed by atoms with Crippen LogP contribution in [0.3, 0.4) is 0 Å². The Kier molecular flexibility index (Phi) is 4.45. The number of ether oxygens (including phenoxy) is 1. The van der Waals surface area contributed by atoms with Crippen LogP contribution in [0.1, 0.15) is 24.0 Å². The molecule has 5 heterocycles. The molecule has 1 fully saturated rings. The minimum Gasteiger partial charge on any atom is -0.493 e. The van der Waals surface area contributed by atoms with Crippen molar-refractivity contribution in [2.45, 2.75) is 25.8 Å². The summed E-state index contributed by atoms with van der Waals surface area (Å²) in [7, 11) is 0. The zero-order valence-electron chi connectivity index (χ0n) is 17.4. The normalized spacial score (nSPS) is 15.2. The third-order valence-electron chi connectivity index (χ3n) is 6.03. The van der Waals surface area contributed by atoms with E-state index >= 15 is 0 Å². The summed E-state index contributed by atoms with van der Waals surface area (Å²) in [5.41, 5.74) is 5.57. The first-order chi connectivity index (χ1) is 15.8. The van der Waals surface area contributed by atoms with Gasteiger partial charge in [-0.1, -0.05) is 12.1 Å². The number of amides is 1. The number of hydrogen-bond acceptors (Lipinski definition) is 7. The lowest BCUT2D eigenvalue weighted by Crippen LogP contribution is -2.23. The van der Waals surface area contributed by atoms with E-state index in [2.05, 4.69) is 31.5 Å². The lowest BCUT2D eigenvalue weighted by atomic mass is 10.1. The quantitative estimate of drug-likeness (QED) is 0.523. The number of fused-ring (bicyclic) bond motifs is 2. The summed E-state index contributed by atoms with van der Waals surface area (Å²) in [6.07, 6.45) is 9.28. The monoisotopic (exact) mass is 427 g/mol. The van der Waals surface area contributed by atoms with Crippen LogP contribution < -0.4 is 15.0 Å². The van der Waals surface area contributed by atoms with E-state index in [-0.39, 0.29) is 5.91 Å². The van der Waals surface area contributed by atoms with Crippen molar-refractivity contribution in [1.29, 1.82) is 0 Å². The van der Waals surface area contributed by atoms with Gasteiger partial charge in [0.05, 0.1) is 18.5 Å². The molecule has 1 N–H and O–H groups in total. The number of pyridine rings is 1. The Morgan fingerprint density at radius 3 is 3.03 bits per heavy atom. The molecule has 1 aromatic carbocycles. The summed E-state index contributed by atoms with van der Waals surface area (Å²) in [4.78, 5) is 22.9. The summed E-state index contributed by atoms with van der Waals surface area (Å²) >= 11 is 0. The van der Waals surface area contributed by atoms with Gasteiger partial charge in [-0.2, -0.15) is 0 Å². The zero-order chi connectivity index (χ0) is 21.5. The Balaban J connectivity index is 1.31. The molecule has 1 saturated heterocycles. The third kappa shape index (κ3) is 3.13. The Morgan fingerprint density at radius 1 is 1.16 bits per heavy atom. The number of carbonyl (C=O) groups is 1. The van der Waals surface area contributed by atoms with Crippen molar-refractivity contribution in [2.75, 3.05) is 23.4 Å². The van der Waals surface area contributed by atoms with Gasteiger partial charge in [0.1, 0.15) is 12.1 Å². The maximum Gasteiger partial charge on any atom is 0.227 e. The molecule has 0 bridgehead atoms. The van der Waals surface area contributed by atoms with Gasteiger partial charge in [-0.25, -0.2) is 4.98 Å². The third-order valence-corrected chi connectivity index (χ3v) is 6.03. The van der Waals surface area contributed by atoms with Crippen molar-refractivity contribution in [3.8, 4) is 16.9 Å². The highest BCUT2D eigenvalue weighted by atomic mass is 16.5. The predicted octanol–water partition coefficient (Wildman–Crippen LogP) is 2.86. The average molecular weight is 427 g/mol. The van der Waals surface area contributed by atoms with E-state index in [9.17, 15) is 4.79 Å². The van der Waals surface area contributed by atoms with Gasteiger partial charge in [-0.05, 0) is 24.1 Å². The molecule has 0 spiro atoms. The number of benzene rings is 1. The molecule has 160 valence electrons. The van der Waals surface area contributed by atoms with Crippen molar-refractivity contribution in [2.24, 2.45) is 0 Å². The second-order valence-corrected chi connectivity index (χ2v) is 7.95. The van der Waals surface area contributed by atoms with E-state index in [1.54, 1.807) is 29.8 Å². The Labute approximate surface area is 184 Å². The van der Waals surface area contributed by atoms with Crippen LogP contribution in [0.15, 0.2) is 49.2 Å². The molecule has 2 aliphatic rings. The van der Waals surface area contributed by atoms with Gasteiger partial charge in [-0.15, -0.1) is 10.2 Å². The number of carbonyl (C=O) groups excluding carboxylic acids is 1. The highest BCUT2D eigenvalue weighted by molar-refractivity contribution is 5.96. The Bertz CT molecular complexity index is 1330. The van der Waals surface area contributed by atoms with Crippen molar-refractivity contribution in [3.63, 3.8) is 0 Å². The van der Waals surface area contributed by atoms with Crippen LogP contribution in [0.25, 0.3) is 16.8 Å². The smallest absolute Gasteiger partial charge is 0.227 e. The SMILES string of the molecule is O=C1CCCN1c1cncc(-c2cnc(NCc3cccc4c3CCO4)n3cnnc23)c1. The minimum absolute atomic E-state index is 0.132. The molecule has 4 aromatic rings. The average Bonchev–Trinajstić information content (AvgIpc) is 3.58. The fourth-order valence-electron chi connectivity index (χ4n) is 4.43. The van der Waals surface area contributed by atoms with E-state index in [1.807, 2.05) is 22.6 Å². The van der Waals surface area contributed by atoms with Crippen LogP contribution in [0, 0.1) is 0 Å². The zero-order valence-corrected chi connectivity index (χ0v) is 17.4. The van der Waals surface area contributed by atoms with E-state index in [0.29, 0.717) is 24.6 Å². The van der Waals surface area contributed by atoms with Crippen LogP contribution >= 0.6 is 0 Å². The fraction of sp³-hybridized carbons (Fsp3) is 0.261. The number of aromatic nitrogens is 5. The highest BCUT2D eigenvalue weighted by Gasteiger charge is 2.23. The molecule has 0 aliphatic carbocycles. The first kappa shape index (κ1) is 18.7. The van der Waals surface area contributed by atoms with Crippen LogP contribution in [0.4, 0.5) is 11.6 Å². The van der Waals surface area contributed by atoms with Crippen molar-refractivity contribution in [1.82, 2.24) is 24.6 Å². The van der Waals surface area contributed by atoms with Crippen molar-refractivity contribution >= 4 is 23.2 Å². The van der Waals surface area contributed by atoms with Crippen LogP contribution in [0.5, 0.6) is 5.75 Å². The second kappa shape index (κ2) is 7.60. The largest absolute Gasteiger partial charge is 0.493 e. The van der Waals surface area contributed by atoms with Gasteiger partial charge >= 0.3 is 0 Å². The molecule has 9 nitrogen and oxygen atoms in total. The van der Waals surface area contributed by atoms with Gasteiger partial charge in [-0.3, -0.25) is 14.2 Å². The molecule has 1 amide bonds. The van der Waals surface area contributed by atoms with E-state index in [0.717, 1.165) is 48.6 Å². The van der Waals surface area contributed by atoms with Gasteiger partial charge in [0, 0.05) is 55.0 Å². The van der Waals surface area contributed by atoms with E-state index < -0.39 is 0 Å². The number of rotatable bonds is 5. The highest BCUT2D eigenvalue weighted by Crippen LogP contribution is 2.30. The Hall–Kier alpha value is -4.01.